The molecule has 0 aliphatic heterocycles. The van der Waals surface area contributed by atoms with E-state index in [1.807, 2.05) is 72.9 Å². The van der Waals surface area contributed by atoms with E-state index in [4.69, 9.17) is 9.94 Å². The average Bonchev–Trinajstić information content (AvgIpc) is 2.99. The molecule has 0 aliphatic rings. The minimum Gasteiger partial charge on any atom is -0.357 e. The Balaban J connectivity index is 1.37. The smallest absolute Gasteiger partial charge is 0.157 e. The lowest BCUT2D eigenvalue weighted by molar-refractivity contribution is 0.285. The summed E-state index contributed by atoms with van der Waals surface area (Å²) in [5, 5.41) is 14.0. The molecule has 0 amide bonds. The first-order valence-corrected chi connectivity index (χ1v) is 12.7. The number of hydrogen-bond acceptors (Lipinski definition) is 3. The van der Waals surface area contributed by atoms with Gasteiger partial charge in [-0.2, -0.15) is 0 Å². The minimum atomic E-state index is 0.711. The fourth-order valence-corrected chi connectivity index (χ4v) is 5.20. The Morgan fingerprint density at radius 2 is 1.16 bits per heavy atom. The van der Waals surface area contributed by atoms with Crippen LogP contribution >= 0.6 is 0 Å². The summed E-state index contributed by atoms with van der Waals surface area (Å²) < 4.78 is 0. The zero-order valence-electron chi connectivity index (χ0n) is 20.7. The van der Waals surface area contributed by atoms with E-state index in [-0.39, 0.29) is 0 Å². The Morgan fingerprint density at radius 3 is 1.95 bits per heavy atom. The number of para-hydroxylation sites is 2. The summed E-state index contributed by atoms with van der Waals surface area (Å²) in [4.78, 5) is 6.34. The molecule has 7 aromatic carbocycles. The normalized spacial score (nSPS) is 11.6. The third-order valence-corrected chi connectivity index (χ3v) is 6.99. The standard InChI is InChI=1S/C35H24N2O/c1-3-10-25(11-4-1)31-16-7-8-17-33(31)37(38-30-14-5-2-6-15-30)36-24-29-21-20-28-19-18-26-12-9-13-27-22-23-32(29)35(28)34(26)27/h1-24H. The first-order valence-electron chi connectivity index (χ1n) is 12.7. The van der Waals surface area contributed by atoms with Crippen LogP contribution in [0.25, 0.3) is 43.4 Å². The van der Waals surface area contributed by atoms with Crippen molar-refractivity contribution in [1.29, 1.82) is 0 Å². The lowest BCUT2D eigenvalue weighted by atomic mass is 9.92. The van der Waals surface area contributed by atoms with Gasteiger partial charge in [-0.15, -0.1) is 5.10 Å². The number of anilines is 1. The Hall–Kier alpha value is -5.15. The predicted octanol–water partition coefficient (Wildman–Crippen LogP) is 9.09. The molecule has 0 saturated carbocycles. The molecule has 3 nitrogen and oxygen atoms in total. The Kier molecular flexibility index (Phi) is 5.45. The van der Waals surface area contributed by atoms with Gasteiger partial charge in [-0.25, -0.2) is 0 Å². The maximum Gasteiger partial charge on any atom is 0.157 e. The molecule has 0 spiro atoms. The summed E-state index contributed by atoms with van der Waals surface area (Å²) >= 11 is 0. The van der Waals surface area contributed by atoms with E-state index in [1.54, 1.807) is 5.17 Å². The van der Waals surface area contributed by atoms with Gasteiger partial charge in [-0.05, 0) is 56.1 Å². The zero-order chi connectivity index (χ0) is 25.3. The molecule has 7 rings (SSSR count). The molecule has 0 atom stereocenters. The fourth-order valence-electron chi connectivity index (χ4n) is 5.20. The van der Waals surface area contributed by atoms with Crippen LogP contribution in [0.15, 0.2) is 145 Å². The van der Waals surface area contributed by atoms with Crippen LogP contribution in [-0.4, -0.2) is 6.21 Å². The van der Waals surface area contributed by atoms with Crippen molar-refractivity contribution in [3.63, 3.8) is 0 Å². The second-order valence-corrected chi connectivity index (χ2v) is 9.32. The van der Waals surface area contributed by atoms with Crippen molar-refractivity contribution in [3.05, 3.63) is 145 Å². The Bertz CT molecular complexity index is 1880. The second kappa shape index (κ2) is 9.38. The van der Waals surface area contributed by atoms with Gasteiger partial charge in [-0.1, -0.05) is 126 Å². The molecule has 0 unspecified atom stereocenters. The minimum absolute atomic E-state index is 0.711. The van der Waals surface area contributed by atoms with Gasteiger partial charge in [0.1, 0.15) is 5.69 Å². The number of benzene rings is 7. The largest absolute Gasteiger partial charge is 0.357 e. The van der Waals surface area contributed by atoms with Crippen molar-refractivity contribution in [2.24, 2.45) is 5.10 Å². The van der Waals surface area contributed by atoms with E-state index in [0.29, 0.717) is 5.75 Å². The predicted molar refractivity (Wildman–Crippen MR) is 159 cm³/mol. The molecule has 0 heterocycles. The van der Waals surface area contributed by atoms with Gasteiger partial charge in [0.25, 0.3) is 0 Å². The first kappa shape index (κ1) is 22.1. The molecule has 0 aliphatic carbocycles. The molecule has 0 N–H and O–H groups in total. The number of nitrogens with zero attached hydrogens (tertiary/aromatic N) is 2. The summed E-state index contributed by atoms with van der Waals surface area (Å²) in [5.74, 6) is 0.711. The van der Waals surface area contributed by atoms with Crippen molar-refractivity contribution in [3.8, 4) is 16.9 Å². The molecule has 0 radical (unpaired) electrons. The van der Waals surface area contributed by atoms with Crippen molar-refractivity contribution in [2.45, 2.75) is 0 Å². The topological polar surface area (TPSA) is 24.8 Å². The number of hydrazone groups is 1. The lowest BCUT2D eigenvalue weighted by Gasteiger charge is -2.22. The van der Waals surface area contributed by atoms with Gasteiger partial charge < -0.3 is 4.84 Å². The molecule has 38 heavy (non-hydrogen) atoms. The maximum atomic E-state index is 6.34. The van der Waals surface area contributed by atoms with Gasteiger partial charge in [0.15, 0.2) is 5.75 Å². The highest BCUT2D eigenvalue weighted by atomic mass is 16.7. The van der Waals surface area contributed by atoms with E-state index in [9.17, 15) is 0 Å². The van der Waals surface area contributed by atoms with E-state index in [0.717, 1.165) is 22.4 Å². The van der Waals surface area contributed by atoms with Crippen LogP contribution in [0.5, 0.6) is 5.75 Å². The molecule has 7 aromatic rings. The molecule has 0 aromatic heterocycles. The maximum absolute atomic E-state index is 6.34. The Morgan fingerprint density at radius 1 is 0.526 bits per heavy atom. The zero-order valence-corrected chi connectivity index (χ0v) is 20.7. The molecule has 180 valence electrons. The summed E-state index contributed by atoms with van der Waals surface area (Å²) in [6, 6.07) is 47.8. The van der Waals surface area contributed by atoms with E-state index < -0.39 is 0 Å². The molecular weight excluding hydrogens is 464 g/mol. The third-order valence-electron chi connectivity index (χ3n) is 6.99. The Labute approximate surface area is 221 Å². The highest BCUT2D eigenvalue weighted by Gasteiger charge is 2.15. The van der Waals surface area contributed by atoms with Crippen molar-refractivity contribution in [1.82, 2.24) is 0 Å². The van der Waals surface area contributed by atoms with Crippen molar-refractivity contribution >= 4 is 44.2 Å². The molecular formula is C35H24N2O. The van der Waals surface area contributed by atoms with Crippen molar-refractivity contribution in [2.75, 3.05) is 5.17 Å². The van der Waals surface area contributed by atoms with Crippen LogP contribution in [0.3, 0.4) is 0 Å². The molecule has 0 bridgehead atoms. The second-order valence-electron chi connectivity index (χ2n) is 9.32. The number of rotatable bonds is 6. The van der Waals surface area contributed by atoms with Crippen LogP contribution in [0, 0.1) is 0 Å². The van der Waals surface area contributed by atoms with Crippen LogP contribution in [-0.2, 0) is 0 Å². The van der Waals surface area contributed by atoms with Gasteiger partial charge in [0.05, 0.1) is 6.21 Å². The van der Waals surface area contributed by atoms with Crippen LogP contribution in [0.4, 0.5) is 5.69 Å². The van der Waals surface area contributed by atoms with Gasteiger partial charge in [-0.3, -0.25) is 0 Å². The number of hydrogen-bond donors (Lipinski definition) is 0. The van der Waals surface area contributed by atoms with E-state index in [2.05, 4.69) is 72.8 Å². The third kappa shape index (κ3) is 3.91. The van der Waals surface area contributed by atoms with Gasteiger partial charge >= 0.3 is 0 Å². The highest BCUT2D eigenvalue weighted by Crippen LogP contribution is 2.36. The lowest BCUT2D eigenvalue weighted by Crippen LogP contribution is -2.22. The van der Waals surface area contributed by atoms with Crippen LogP contribution in [0.1, 0.15) is 5.56 Å². The summed E-state index contributed by atoms with van der Waals surface area (Å²) in [6.45, 7) is 0. The molecule has 0 fully saturated rings. The van der Waals surface area contributed by atoms with Crippen LogP contribution in [0.2, 0.25) is 0 Å². The fraction of sp³-hybridized carbons (Fsp3) is 0. The first-order chi connectivity index (χ1) is 18.8. The van der Waals surface area contributed by atoms with E-state index in [1.165, 1.54) is 32.3 Å². The molecule has 0 saturated heterocycles. The quantitative estimate of drug-likeness (QED) is 0.132. The highest BCUT2D eigenvalue weighted by molar-refractivity contribution is 6.25. The molecule has 3 heteroatoms. The average molecular weight is 489 g/mol. The summed E-state index contributed by atoms with van der Waals surface area (Å²) in [6.07, 6.45) is 1.90. The van der Waals surface area contributed by atoms with Gasteiger partial charge in [0.2, 0.25) is 0 Å². The summed E-state index contributed by atoms with van der Waals surface area (Å²) in [7, 11) is 0. The summed E-state index contributed by atoms with van der Waals surface area (Å²) in [5.41, 5.74) is 4.03. The van der Waals surface area contributed by atoms with E-state index >= 15 is 0 Å². The van der Waals surface area contributed by atoms with Gasteiger partial charge in [0, 0.05) is 11.1 Å². The SMILES string of the molecule is C(=NN(Oc1ccccc1)c1ccccc1-c1ccccc1)c1ccc2ccc3cccc4ccc1c2c34. The monoisotopic (exact) mass is 488 g/mol. The van der Waals surface area contributed by atoms with Crippen LogP contribution < -0.4 is 10.0 Å². The van der Waals surface area contributed by atoms with Crippen molar-refractivity contribution < 1.29 is 4.84 Å².